The molecule has 25 heavy (non-hydrogen) atoms. The molecule has 0 aliphatic heterocycles. The fourth-order valence-electron chi connectivity index (χ4n) is 3.57. The topological polar surface area (TPSA) is 55.1 Å². The Morgan fingerprint density at radius 3 is 2.72 bits per heavy atom. The van der Waals surface area contributed by atoms with Crippen molar-refractivity contribution in [3.05, 3.63) is 77.0 Å². The highest BCUT2D eigenvalue weighted by molar-refractivity contribution is 6.01. The molecule has 2 aromatic carbocycles. The molecule has 0 saturated heterocycles. The van der Waals surface area contributed by atoms with Gasteiger partial charge in [-0.3, -0.25) is 4.79 Å². The molecule has 4 heteroatoms. The molecule has 126 valence electrons. The van der Waals surface area contributed by atoms with Gasteiger partial charge in [-0.05, 0) is 37.3 Å². The van der Waals surface area contributed by atoms with Crippen LogP contribution in [0.1, 0.15) is 46.1 Å². The third kappa shape index (κ3) is 2.95. The average Bonchev–Trinajstić information content (AvgIpc) is 3.04. The second-order valence-electron chi connectivity index (χ2n) is 6.45. The normalized spacial score (nSPS) is 16.3. The summed E-state index contributed by atoms with van der Waals surface area (Å²) in [5, 5.41) is 7.30. The number of benzene rings is 2. The number of nitrogens with zero attached hydrogens (tertiary/aromatic N) is 1. The van der Waals surface area contributed by atoms with E-state index in [-0.39, 0.29) is 11.9 Å². The van der Waals surface area contributed by atoms with Gasteiger partial charge in [0, 0.05) is 5.56 Å². The number of carbonyl (C=O) groups is 1. The highest BCUT2D eigenvalue weighted by Crippen LogP contribution is 2.31. The van der Waals surface area contributed by atoms with Crippen molar-refractivity contribution in [1.29, 1.82) is 0 Å². The number of aromatic nitrogens is 1. The van der Waals surface area contributed by atoms with Crippen molar-refractivity contribution < 1.29 is 9.32 Å². The number of amides is 1. The van der Waals surface area contributed by atoms with Crippen LogP contribution in [0.4, 0.5) is 0 Å². The number of hydrogen-bond acceptors (Lipinski definition) is 3. The van der Waals surface area contributed by atoms with Gasteiger partial charge in [-0.1, -0.05) is 59.8 Å². The highest BCUT2D eigenvalue weighted by atomic mass is 16.5. The van der Waals surface area contributed by atoms with E-state index in [0.29, 0.717) is 17.0 Å². The lowest BCUT2D eigenvalue weighted by Gasteiger charge is -2.26. The first kappa shape index (κ1) is 15.6. The number of rotatable bonds is 3. The Kier molecular flexibility index (Phi) is 4.10. The highest BCUT2D eigenvalue weighted by Gasteiger charge is 2.26. The maximum atomic E-state index is 13.0. The van der Waals surface area contributed by atoms with Crippen LogP contribution in [0.25, 0.3) is 11.3 Å². The summed E-state index contributed by atoms with van der Waals surface area (Å²) in [5.41, 5.74) is 4.55. The summed E-state index contributed by atoms with van der Waals surface area (Å²) in [6.45, 7) is 1.78. The van der Waals surface area contributed by atoms with Gasteiger partial charge in [-0.2, -0.15) is 0 Å². The Morgan fingerprint density at radius 1 is 1.12 bits per heavy atom. The van der Waals surface area contributed by atoms with Gasteiger partial charge >= 0.3 is 0 Å². The van der Waals surface area contributed by atoms with Crippen molar-refractivity contribution in [3.8, 4) is 11.3 Å². The van der Waals surface area contributed by atoms with Crippen molar-refractivity contribution in [2.75, 3.05) is 0 Å². The quantitative estimate of drug-likeness (QED) is 0.770. The standard InChI is InChI=1S/C21H20N2O2/c1-14-19(20(23-25-14)16-9-3-2-4-10-16)21(24)22-18-13-7-11-15-8-5-6-12-17(15)18/h2-6,8-10,12,18H,7,11,13H2,1H3,(H,22,24)/t18-/m0/s1. The van der Waals surface area contributed by atoms with Gasteiger partial charge < -0.3 is 9.84 Å². The largest absolute Gasteiger partial charge is 0.360 e. The van der Waals surface area contributed by atoms with Gasteiger partial charge in [-0.15, -0.1) is 0 Å². The summed E-state index contributed by atoms with van der Waals surface area (Å²) in [6, 6.07) is 18.0. The van der Waals surface area contributed by atoms with E-state index in [1.165, 1.54) is 11.1 Å². The monoisotopic (exact) mass is 332 g/mol. The van der Waals surface area contributed by atoms with E-state index >= 15 is 0 Å². The van der Waals surface area contributed by atoms with Crippen LogP contribution in [0, 0.1) is 6.92 Å². The Morgan fingerprint density at radius 2 is 1.88 bits per heavy atom. The van der Waals surface area contributed by atoms with Crippen LogP contribution in [0.15, 0.2) is 59.1 Å². The molecular formula is C21H20N2O2. The molecule has 0 spiro atoms. The SMILES string of the molecule is Cc1onc(-c2ccccc2)c1C(=O)N[C@H]1CCCc2ccccc21. The number of carbonyl (C=O) groups excluding carboxylic acids is 1. The zero-order valence-corrected chi connectivity index (χ0v) is 14.2. The number of hydrogen-bond donors (Lipinski definition) is 1. The predicted molar refractivity (Wildman–Crippen MR) is 96.3 cm³/mol. The lowest BCUT2D eigenvalue weighted by Crippen LogP contribution is -2.31. The summed E-state index contributed by atoms with van der Waals surface area (Å²) in [7, 11) is 0. The van der Waals surface area contributed by atoms with Crippen molar-refractivity contribution in [3.63, 3.8) is 0 Å². The number of fused-ring (bicyclic) bond motifs is 1. The van der Waals surface area contributed by atoms with E-state index in [2.05, 4.69) is 28.7 Å². The van der Waals surface area contributed by atoms with Crippen LogP contribution in [0.2, 0.25) is 0 Å². The second-order valence-corrected chi connectivity index (χ2v) is 6.45. The summed E-state index contributed by atoms with van der Waals surface area (Å²) < 4.78 is 5.32. The third-order valence-electron chi connectivity index (χ3n) is 4.81. The van der Waals surface area contributed by atoms with Crippen molar-refractivity contribution in [2.45, 2.75) is 32.2 Å². The molecule has 1 N–H and O–H groups in total. The summed E-state index contributed by atoms with van der Waals surface area (Å²) >= 11 is 0. The van der Waals surface area contributed by atoms with E-state index in [9.17, 15) is 4.79 Å². The van der Waals surface area contributed by atoms with Crippen LogP contribution in [0.5, 0.6) is 0 Å². The summed E-state index contributed by atoms with van der Waals surface area (Å²) in [4.78, 5) is 13.0. The second kappa shape index (κ2) is 6.55. The van der Waals surface area contributed by atoms with Gasteiger partial charge in [0.2, 0.25) is 0 Å². The van der Waals surface area contributed by atoms with Crippen LogP contribution in [-0.4, -0.2) is 11.1 Å². The molecule has 0 bridgehead atoms. The first-order valence-corrected chi connectivity index (χ1v) is 8.64. The van der Waals surface area contributed by atoms with E-state index < -0.39 is 0 Å². The van der Waals surface area contributed by atoms with Crippen LogP contribution >= 0.6 is 0 Å². The number of nitrogens with one attached hydrogen (secondary N) is 1. The first-order chi connectivity index (χ1) is 12.2. The first-order valence-electron chi connectivity index (χ1n) is 8.64. The molecule has 1 aromatic heterocycles. The fraction of sp³-hybridized carbons (Fsp3) is 0.238. The van der Waals surface area contributed by atoms with Crippen LogP contribution in [-0.2, 0) is 6.42 Å². The maximum absolute atomic E-state index is 13.0. The van der Waals surface area contributed by atoms with Gasteiger partial charge in [0.15, 0.2) is 0 Å². The summed E-state index contributed by atoms with van der Waals surface area (Å²) in [6.07, 6.45) is 3.11. The maximum Gasteiger partial charge on any atom is 0.257 e. The predicted octanol–water partition coefficient (Wildman–Crippen LogP) is 4.46. The van der Waals surface area contributed by atoms with E-state index in [1.807, 2.05) is 36.4 Å². The number of aryl methyl sites for hydroxylation is 2. The van der Waals surface area contributed by atoms with Crippen molar-refractivity contribution in [1.82, 2.24) is 10.5 Å². The van der Waals surface area contributed by atoms with Gasteiger partial charge in [-0.25, -0.2) is 0 Å². The fourth-order valence-corrected chi connectivity index (χ4v) is 3.57. The van der Waals surface area contributed by atoms with Crippen molar-refractivity contribution >= 4 is 5.91 Å². The molecule has 1 aliphatic carbocycles. The zero-order chi connectivity index (χ0) is 17.2. The third-order valence-corrected chi connectivity index (χ3v) is 4.81. The lowest BCUT2D eigenvalue weighted by molar-refractivity contribution is 0.0932. The minimum Gasteiger partial charge on any atom is -0.360 e. The van der Waals surface area contributed by atoms with Crippen LogP contribution in [0.3, 0.4) is 0 Å². The molecule has 0 fully saturated rings. The molecule has 0 saturated carbocycles. The van der Waals surface area contributed by atoms with Crippen molar-refractivity contribution in [2.24, 2.45) is 0 Å². The molecule has 3 aromatic rings. The Labute approximate surface area is 146 Å². The molecule has 0 unspecified atom stereocenters. The van der Waals surface area contributed by atoms with Gasteiger partial charge in [0.25, 0.3) is 5.91 Å². The van der Waals surface area contributed by atoms with E-state index in [4.69, 9.17) is 4.52 Å². The molecule has 1 amide bonds. The van der Waals surface area contributed by atoms with E-state index in [1.54, 1.807) is 6.92 Å². The zero-order valence-electron chi connectivity index (χ0n) is 14.2. The molecule has 4 nitrogen and oxygen atoms in total. The summed E-state index contributed by atoms with van der Waals surface area (Å²) in [5.74, 6) is 0.416. The van der Waals surface area contributed by atoms with Gasteiger partial charge in [0.1, 0.15) is 17.0 Å². The minimum atomic E-state index is -0.126. The Hall–Kier alpha value is -2.88. The van der Waals surface area contributed by atoms with E-state index in [0.717, 1.165) is 24.8 Å². The molecule has 1 atom stereocenters. The molecule has 0 radical (unpaired) electrons. The smallest absolute Gasteiger partial charge is 0.257 e. The lowest BCUT2D eigenvalue weighted by atomic mass is 9.87. The molecular weight excluding hydrogens is 312 g/mol. The molecule has 1 heterocycles. The minimum absolute atomic E-state index is 0.0374. The molecule has 4 rings (SSSR count). The Balaban J connectivity index is 1.64. The van der Waals surface area contributed by atoms with Gasteiger partial charge in [0.05, 0.1) is 6.04 Å². The molecule has 1 aliphatic rings. The van der Waals surface area contributed by atoms with Crippen LogP contribution < -0.4 is 5.32 Å². The average molecular weight is 332 g/mol. The Bertz CT molecular complexity index is 899.